The van der Waals surface area contributed by atoms with Crippen molar-refractivity contribution in [2.75, 3.05) is 12.3 Å². The molecule has 2 fully saturated rings. The second-order valence-corrected chi connectivity index (χ2v) is 7.25. The fourth-order valence-corrected chi connectivity index (χ4v) is 4.11. The van der Waals surface area contributed by atoms with Crippen LogP contribution in [0.2, 0.25) is 0 Å². The third-order valence-electron chi connectivity index (χ3n) is 4.58. The highest BCUT2D eigenvalue weighted by molar-refractivity contribution is 8.13. The summed E-state index contributed by atoms with van der Waals surface area (Å²) < 4.78 is 0. The fourth-order valence-electron chi connectivity index (χ4n) is 3.42. The van der Waals surface area contributed by atoms with Crippen molar-refractivity contribution in [3.63, 3.8) is 0 Å². The Labute approximate surface area is 120 Å². The Hall–Kier alpha value is -0.510. The van der Waals surface area contributed by atoms with Crippen LogP contribution in [0.25, 0.3) is 0 Å². The first kappa shape index (κ1) is 14.9. The summed E-state index contributed by atoms with van der Waals surface area (Å²) in [7, 11) is 0. The van der Waals surface area contributed by atoms with E-state index in [1.54, 1.807) is 6.92 Å². The minimum absolute atomic E-state index is 0.159. The average molecular weight is 283 g/mol. The zero-order valence-electron chi connectivity index (χ0n) is 12.1. The van der Waals surface area contributed by atoms with Crippen LogP contribution < -0.4 is 0 Å². The number of hydrogen-bond acceptors (Lipinski definition) is 3. The highest BCUT2D eigenvalue weighted by Gasteiger charge is 2.35. The van der Waals surface area contributed by atoms with Gasteiger partial charge in [0.15, 0.2) is 5.12 Å². The molecule has 1 amide bonds. The van der Waals surface area contributed by atoms with Crippen LogP contribution in [0.5, 0.6) is 0 Å². The Balaban J connectivity index is 1.86. The molecular weight excluding hydrogens is 258 g/mol. The summed E-state index contributed by atoms with van der Waals surface area (Å²) in [6, 6.07) is 0.389. The van der Waals surface area contributed by atoms with Gasteiger partial charge in [0.05, 0.1) is 0 Å². The maximum atomic E-state index is 12.1. The summed E-state index contributed by atoms with van der Waals surface area (Å²) in [6.45, 7) is 4.68. The van der Waals surface area contributed by atoms with Crippen LogP contribution in [0.4, 0.5) is 0 Å². The number of hydrogen-bond donors (Lipinski definition) is 0. The minimum atomic E-state index is 0.159. The van der Waals surface area contributed by atoms with E-state index in [0.29, 0.717) is 30.2 Å². The van der Waals surface area contributed by atoms with Crippen molar-refractivity contribution < 1.29 is 9.59 Å². The van der Waals surface area contributed by atoms with Gasteiger partial charge in [-0.15, -0.1) is 0 Å². The third-order valence-corrected chi connectivity index (χ3v) is 5.63. The first-order chi connectivity index (χ1) is 9.08. The molecule has 0 N–H and O–H groups in total. The molecule has 3 nitrogen and oxygen atoms in total. The van der Waals surface area contributed by atoms with Crippen LogP contribution in [-0.2, 0) is 9.59 Å². The maximum absolute atomic E-state index is 12.1. The molecule has 0 aromatic carbocycles. The molecule has 0 spiro atoms. The lowest BCUT2D eigenvalue weighted by molar-refractivity contribution is -0.130. The van der Waals surface area contributed by atoms with Crippen LogP contribution in [0.3, 0.4) is 0 Å². The Kier molecular flexibility index (Phi) is 5.31. The first-order valence-corrected chi connectivity index (χ1v) is 8.49. The van der Waals surface area contributed by atoms with Crippen LogP contribution >= 0.6 is 11.8 Å². The molecule has 0 aromatic heterocycles. The highest BCUT2D eigenvalue weighted by Crippen LogP contribution is 2.32. The van der Waals surface area contributed by atoms with E-state index >= 15 is 0 Å². The number of likely N-dealkylation sites (tertiary alicyclic amines) is 1. The van der Waals surface area contributed by atoms with Gasteiger partial charge in [-0.2, -0.15) is 0 Å². The number of thioether (sulfide) groups is 1. The van der Waals surface area contributed by atoms with Gasteiger partial charge in [0, 0.05) is 31.7 Å². The van der Waals surface area contributed by atoms with Crippen molar-refractivity contribution in [2.24, 2.45) is 11.8 Å². The van der Waals surface area contributed by atoms with E-state index in [2.05, 4.69) is 11.8 Å². The lowest BCUT2D eigenvalue weighted by Gasteiger charge is -2.34. The van der Waals surface area contributed by atoms with Gasteiger partial charge >= 0.3 is 0 Å². The van der Waals surface area contributed by atoms with E-state index in [-0.39, 0.29) is 5.12 Å². The Bertz CT molecular complexity index is 339. The standard InChI is InChI=1S/C15H25NO2S/c1-11(14-6-4-3-5-7-14)16-9-13(8-15(16)18)10-19-12(2)17/h11,13-14H,3-10H2,1-2H3. The molecule has 1 aliphatic heterocycles. The molecule has 4 heteroatoms. The minimum Gasteiger partial charge on any atom is -0.339 e. The third kappa shape index (κ3) is 3.98. The van der Waals surface area contributed by atoms with Crippen LogP contribution in [0.1, 0.15) is 52.4 Å². The normalized spacial score (nSPS) is 26.7. The van der Waals surface area contributed by atoms with Crippen molar-refractivity contribution in [1.29, 1.82) is 0 Å². The van der Waals surface area contributed by atoms with Gasteiger partial charge in [-0.3, -0.25) is 9.59 Å². The lowest BCUT2D eigenvalue weighted by atomic mass is 9.84. The van der Waals surface area contributed by atoms with E-state index in [0.717, 1.165) is 12.3 Å². The van der Waals surface area contributed by atoms with Crippen LogP contribution in [-0.4, -0.2) is 34.3 Å². The van der Waals surface area contributed by atoms with Gasteiger partial charge < -0.3 is 4.90 Å². The summed E-state index contributed by atoms with van der Waals surface area (Å²) in [4.78, 5) is 25.2. The van der Waals surface area contributed by atoms with Gasteiger partial charge in [0.2, 0.25) is 5.91 Å². The SMILES string of the molecule is CC(=O)SCC1CC(=O)N(C(C)C2CCCCC2)C1. The number of amides is 1. The molecule has 1 aliphatic carbocycles. The first-order valence-electron chi connectivity index (χ1n) is 7.50. The van der Waals surface area contributed by atoms with E-state index in [4.69, 9.17) is 0 Å². The molecule has 1 saturated heterocycles. The fraction of sp³-hybridized carbons (Fsp3) is 0.867. The lowest BCUT2D eigenvalue weighted by Crippen LogP contribution is -2.40. The number of nitrogens with zero attached hydrogens (tertiary/aromatic N) is 1. The topological polar surface area (TPSA) is 37.4 Å². The molecule has 2 aliphatic rings. The smallest absolute Gasteiger partial charge is 0.223 e. The van der Waals surface area contributed by atoms with Gasteiger partial charge in [0.1, 0.15) is 0 Å². The Morgan fingerprint density at radius 1 is 1.37 bits per heavy atom. The number of carbonyl (C=O) groups excluding carboxylic acids is 2. The molecule has 19 heavy (non-hydrogen) atoms. The quantitative estimate of drug-likeness (QED) is 0.795. The summed E-state index contributed by atoms with van der Waals surface area (Å²) in [6.07, 6.45) is 7.18. The molecular formula is C15H25NO2S. The largest absolute Gasteiger partial charge is 0.339 e. The van der Waals surface area contributed by atoms with Gasteiger partial charge in [-0.25, -0.2) is 0 Å². The van der Waals surface area contributed by atoms with Crippen molar-refractivity contribution in [3.8, 4) is 0 Å². The summed E-state index contributed by atoms with van der Waals surface area (Å²) >= 11 is 1.36. The molecule has 2 atom stereocenters. The Morgan fingerprint density at radius 3 is 2.68 bits per heavy atom. The molecule has 108 valence electrons. The molecule has 0 radical (unpaired) electrons. The predicted molar refractivity (Wildman–Crippen MR) is 79.0 cm³/mol. The van der Waals surface area contributed by atoms with Gasteiger partial charge in [0.25, 0.3) is 0 Å². The monoisotopic (exact) mass is 283 g/mol. The number of carbonyl (C=O) groups is 2. The predicted octanol–water partition coefficient (Wildman–Crippen LogP) is 3.08. The number of rotatable bonds is 4. The molecule has 2 unspecified atom stereocenters. The summed E-state index contributed by atoms with van der Waals surface area (Å²) in [5.74, 6) is 2.16. The average Bonchev–Trinajstić information content (AvgIpc) is 2.78. The molecule has 1 heterocycles. The van der Waals surface area contributed by atoms with E-state index in [9.17, 15) is 9.59 Å². The molecule has 0 bridgehead atoms. The second-order valence-electron chi connectivity index (χ2n) is 6.06. The van der Waals surface area contributed by atoms with E-state index in [1.807, 2.05) is 0 Å². The molecule has 1 saturated carbocycles. The summed E-state index contributed by atoms with van der Waals surface area (Å²) in [5.41, 5.74) is 0. The van der Waals surface area contributed by atoms with Crippen molar-refractivity contribution in [2.45, 2.75) is 58.4 Å². The van der Waals surface area contributed by atoms with Crippen molar-refractivity contribution in [1.82, 2.24) is 4.90 Å². The van der Waals surface area contributed by atoms with E-state index < -0.39 is 0 Å². The van der Waals surface area contributed by atoms with E-state index in [1.165, 1.54) is 43.9 Å². The second kappa shape index (κ2) is 6.78. The van der Waals surface area contributed by atoms with Gasteiger partial charge in [-0.1, -0.05) is 31.0 Å². The molecule has 0 aromatic rings. The van der Waals surface area contributed by atoms with Crippen molar-refractivity contribution >= 4 is 22.8 Å². The zero-order chi connectivity index (χ0) is 13.8. The zero-order valence-corrected chi connectivity index (χ0v) is 12.9. The maximum Gasteiger partial charge on any atom is 0.223 e. The van der Waals surface area contributed by atoms with Crippen molar-refractivity contribution in [3.05, 3.63) is 0 Å². The highest BCUT2D eigenvalue weighted by atomic mass is 32.2. The van der Waals surface area contributed by atoms with Crippen LogP contribution in [0, 0.1) is 11.8 Å². The van der Waals surface area contributed by atoms with Crippen LogP contribution in [0.15, 0.2) is 0 Å². The summed E-state index contributed by atoms with van der Waals surface area (Å²) in [5, 5.41) is 0.159. The molecule has 2 rings (SSSR count). The Morgan fingerprint density at radius 2 is 2.05 bits per heavy atom. The van der Waals surface area contributed by atoms with Gasteiger partial charge in [-0.05, 0) is 31.6 Å².